The van der Waals surface area contributed by atoms with Crippen LogP contribution in [0.1, 0.15) is 39.5 Å². The lowest BCUT2D eigenvalue weighted by atomic mass is 10.00. The Kier molecular flexibility index (Phi) is 16.1. The van der Waals surface area contributed by atoms with Crippen molar-refractivity contribution in [3.05, 3.63) is 0 Å². The summed E-state index contributed by atoms with van der Waals surface area (Å²) in [4.78, 5) is 30.8. The Bertz CT molecular complexity index is 525. The molecular weight excluding hydrogens is 477 g/mol. The first-order valence-electron chi connectivity index (χ1n) is 11.4. The number of hydrogen-bond acceptors (Lipinski definition) is 7. The fraction of sp³-hybridized carbons (Fsp3) is 0.905. The number of ether oxygens (including phenoxy) is 1. The summed E-state index contributed by atoms with van der Waals surface area (Å²) in [7, 11) is 0. The van der Waals surface area contributed by atoms with Gasteiger partial charge in [-0.1, -0.05) is 13.8 Å². The molecule has 1 unspecified atom stereocenters. The molecule has 3 aliphatic rings. The molecule has 3 heterocycles. The normalized spacial score (nSPS) is 22.7. The van der Waals surface area contributed by atoms with E-state index in [1.54, 1.807) is 0 Å². The molecule has 1 atom stereocenters. The number of halogens is 3. The number of nitrogens with zero attached hydrogens (tertiary/aromatic N) is 3. The van der Waals surface area contributed by atoms with Gasteiger partial charge in [-0.05, 0) is 44.7 Å². The van der Waals surface area contributed by atoms with Gasteiger partial charge in [-0.15, -0.1) is 37.2 Å². The van der Waals surface area contributed by atoms with Gasteiger partial charge in [-0.3, -0.25) is 19.5 Å². The van der Waals surface area contributed by atoms with Gasteiger partial charge < -0.3 is 15.4 Å². The minimum atomic E-state index is -0.663. The first-order chi connectivity index (χ1) is 14.1. The third kappa shape index (κ3) is 9.12. The van der Waals surface area contributed by atoms with Crippen molar-refractivity contribution >= 4 is 49.6 Å². The molecule has 0 aromatic heterocycles. The van der Waals surface area contributed by atoms with Crippen LogP contribution in [0.5, 0.6) is 0 Å². The van der Waals surface area contributed by atoms with Crippen LogP contribution in [0.4, 0.5) is 0 Å². The van der Waals surface area contributed by atoms with Gasteiger partial charge in [-0.25, -0.2) is 4.79 Å². The number of carbonyl (C=O) groups is 2. The Labute approximate surface area is 211 Å². The molecule has 190 valence electrons. The first-order valence-corrected chi connectivity index (χ1v) is 11.4. The number of likely N-dealkylation sites (tertiary alicyclic amines) is 1. The smallest absolute Gasteiger partial charge is 0.344 e. The Balaban J connectivity index is 0.00000320. The van der Waals surface area contributed by atoms with Gasteiger partial charge in [-0.2, -0.15) is 0 Å². The number of piperazine rings is 1. The van der Waals surface area contributed by atoms with E-state index in [0.717, 1.165) is 58.2 Å². The maximum Gasteiger partial charge on any atom is 0.344 e. The second kappa shape index (κ2) is 16.3. The standard InChI is InChI=1S/C21H39N5O3.3ClH/c1-17(2)15-29-21(28)20(23-16-27)26-9-5-19(6-10-26)25-13-11-24(12-14-25)18-3-7-22-8-4-18;;;/h16-20,22H,3-15H2,1-2H3,(H,23,27);3*1H. The van der Waals surface area contributed by atoms with Crippen molar-refractivity contribution in [3.63, 3.8) is 0 Å². The van der Waals surface area contributed by atoms with Crippen molar-refractivity contribution in [3.8, 4) is 0 Å². The van der Waals surface area contributed by atoms with E-state index in [1.807, 2.05) is 13.8 Å². The van der Waals surface area contributed by atoms with Gasteiger partial charge in [0, 0.05) is 51.4 Å². The van der Waals surface area contributed by atoms with Crippen LogP contribution in [0.15, 0.2) is 0 Å². The summed E-state index contributed by atoms with van der Waals surface area (Å²) >= 11 is 0. The first kappa shape index (κ1) is 31.6. The lowest BCUT2D eigenvalue weighted by Gasteiger charge is -2.46. The maximum absolute atomic E-state index is 12.4. The molecule has 0 bridgehead atoms. The fourth-order valence-electron chi connectivity index (χ4n) is 4.86. The molecule has 2 N–H and O–H groups in total. The van der Waals surface area contributed by atoms with E-state index in [0.29, 0.717) is 19.1 Å². The lowest BCUT2D eigenvalue weighted by Crippen LogP contribution is -2.59. The maximum atomic E-state index is 12.4. The molecule has 1 amide bonds. The zero-order valence-corrected chi connectivity index (χ0v) is 21.8. The molecule has 0 radical (unpaired) electrons. The van der Waals surface area contributed by atoms with Crippen molar-refractivity contribution < 1.29 is 14.3 Å². The van der Waals surface area contributed by atoms with Crippen molar-refractivity contribution in [1.29, 1.82) is 0 Å². The summed E-state index contributed by atoms with van der Waals surface area (Å²) in [5, 5.41) is 6.11. The highest BCUT2D eigenvalue weighted by Gasteiger charge is 2.34. The zero-order chi connectivity index (χ0) is 20.6. The number of rotatable bonds is 8. The molecule has 0 aromatic rings. The quantitative estimate of drug-likeness (QED) is 0.371. The number of piperidine rings is 2. The summed E-state index contributed by atoms with van der Waals surface area (Å²) in [6.45, 7) is 12.9. The number of amides is 1. The third-order valence-corrected chi connectivity index (χ3v) is 6.56. The van der Waals surface area contributed by atoms with Gasteiger partial charge in [0.05, 0.1) is 6.61 Å². The largest absolute Gasteiger partial charge is 0.463 e. The number of carbonyl (C=O) groups excluding carboxylic acids is 2. The highest BCUT2D eigenvalue weighted by molar-refractivity contribution is 5.86. The van der Waals surface area contributed by atoms with Crippen LogP contribution in [0.3, 0.4) is 0 Å². The van der Waals surface area contributed by atoms with Crippen LogP contribution in [-0.2, 0) is 14.3 Å². The molecule has 8 nitrogen and oxygen atoms in total. The van der Waals surface area contributed by atoms with Crippen molar-refractivity contribution in [1.82, 2.24) is 25.3 Å². The van der Waals surface area contributed by atoms with E-state index in [1.165, 1.54) is 25.9 Å². The van der Waals surface area contributed by atoms with E-state index >= 15 is 0 Å². The van der Waals surface area contributed by atoms with E-state index in [2.05, 4.69) is 25.3 Å². The summed E-state index contributed by atoms with van der Waals surface area (Å²) < 4.78 is 5.36. The number of hydrogen-bond donors (Lipinski definition) is 2. The molecule has 0 spiro atoms. The molecule has 3 fully saturated rings. The Morgan fingerprint density at radius 2 is 1.44 bits per heavy atom. The van der Waals surface area contributed by atoms with E-state index in [9.17, 15) is 9.59 Å². The highest BCUT2D eigenvalue weighted by atomic mass is 35.5. The summed E-state index contributed by atoms with van der Waals surface area (Å²) in [5.74, 6) is -0.0649. The van der Waals surface area contributed by atoms with E-state index < -0.39 is 6.17 Å². The highest BCUT2D eigenvalue weighted by Crippen LogP contribution is 2.22. The minimum Gasteiger partial charge on any atom is -0.463 e. The van der Waals surface area contributed by atoms with Gasteiger partial charge in [0.1, 0.15) is 0 Å². The van der Waals surface area contributed by atoms with Crippen LogP contribution < -0.4 is 10.6 Å². The van der Waals surface area contributed by atoms with Gasteiger partial charge in [0.2, 0.25) is 6.41 Å². The van der Waals surface area contributed by atoms with Crippen LogP contribution in [0.25, 0.3) is 0 Å². The number of nitrogens with one attached hydrogen (secondary N) is 2. The fourth-order valence-corrected chi connectivity index (χ4v) is 4.86. The minimum absolute atomic E-state index is 0. The SMILES string of the molecule is CC(C)COC(=O)C(NC=O)N1CCC(N2CCN(C3CCNCC3)CC2)CC1.Cl.Cl.Cl. The monoisotopic (exact) mass is 517 g/mol. The van der Waals surface area contributed by atoms with Crippen LogP contribution >= 0.6 is 37.2 Å². The lowest BCUT2D eigenvalue weighted by molar-refractivity contribution is -0.154. The predicted molar refractivity (Wildman–Crippen MR) is 134 cm³/mol. The topological polar surface area (TPSA) is 77.2 Å². The average molecular weight is 519 g/mol. The Morgan fingerprint density at radius 1 is 0.938 bits per heavy atom. The molecule has 11 heteroatoms. The second-order valence-electron chi connectivity index (χ2n) is 9.03. The number of esters is 1. The van der Waals surface area contributed by atoms with Crippen molar-refractivity contribution in [2.24, 2.45) is 5.92 Å². The Morgan fingerprint density at radius 3 is 1.91 bits per heavy atom. The van der Waals surface area contributed by atoms with E-state index in [4.69, 9.17) is 4.74 Å². The third-order valence-electron chi connectivity index (χ3n) is 6.56. The summed E-state index contributed by atoms with van der Waals surface area (Å²) in [6.07, 6.45) is 4.55. The molecular formula is C21H42Cl3N5O3. The van der Waals surface area contributed by atoms with Crippen LogP contribution in [-0.4, -0.2) is 104 Å². The van der Waals surface area contributed by atoms with Gasteiger partial charge in [0.15, 0.2) is 6.17 Å². The second-order valence-corrected chi connectivity index (χ2v) is 9.03. The zero-order valence-electron chi connectivity index (χ0n) is 19.4. The van der Waals surface area contributed by atoms with Crippen LogP contribution in [0.2, 0.25) is 0 Å². The predicted octanol–water partition coefficient (Wildman–Crippen LogP) is 1.36. The molecule has 3 rings (SSSR count). The molecule has 3 aliphatic heterocycles. The average Bonchev–Trinajstić information content (AvgIpc) is 2.77. The van der Waals surface area contributed by atoms with Crippen molar-refractivity contribution in [2.45, 2.75) is 57.8 Å². The summed E-state index contributed by atoms with van der Waals surface area (Å²) in [6, 6.07) is 1.33. The molecule has 0 saturated carbocycles. The molecule has 3 saturated heterocycles. The van der Waals surface area contributed by atoms with Gasteiger partial charge >= 0.3 is 5.97 Å². The Hall–Kier alpha value is -0.350. The molecule has 0 aromatic carbocycles. The summed E-state index contributed by atoms with van der Waals surface area (Å²) in [5.41, 5.74) is 0. The molecule has 32 heavy (non-hydrogen) atoms. The van der Waals surface area contributed by atoms with Crippen molar-refractivity contribution in [2.75, 3.05) is 59.0 Å². The van der Waals surface area contributed by atoms with E-state index in [-0.39, 0.29) is 49.1 Å². The van der Waals surface area contributed by atoms with Gasteiger partial charge in [0.25, 0.3) is 0 Å². The molecule has 0 aliphatic carbocycles. The van der Waals surface area contributed by atoms with Crippen LogP contribution in [0, 0.1) is 5.92 Å².